The van der Waals surface area contributed by atoms with Gasteiger partial charge in [0.05, 0.1) is 29.4 Å². The lowest BCUT2D eigenvalue weighted by molar-refractivity contribution is -0.384. The maximum Gasteiger partial charge on any atom is 0.337 e. The lowest BCUT2D eigenvalue weighted by Crippen LogP contribution is -2.13. The average Bonchev–Trinajstić information content (AvgIpc) is 2.37. The number of carboxylic acids is 1. The van der Waals surface area contributed by atoms with E-state index in [-0.39, 0.29) is 16.9 Å². The Morgan fingerprint density at radius 3 is 2.80 bits per heavy atom. The van der Waals surface area contributed by atoms with E-state index < -0.39 is 10.9 Å². The van der Waals surface area contributed by atoms with Crippen molar-refractivity contribution in [3.63, 3.8) is 0 Å². The number of ether oxygens (including phenoxy) is 1. The fourth-order valence-corrected chi connectivity index (χ4v) is 1.48. The number of anilines is 1. The molecule has 108 valence electrons. The van der Waals surface area contributed by atoms with Crippen molar-refractivity contribution in [1.29, 1.82) is 0 Å². The highest BCUT2D eigenvalue weighted by Crippen LogP contribution is 2.22. The Labute approximate surface area is 116 Å². The van der Waals surface area contributed by atoms with Gasteiger partial charge in [-0.3, -0.25) is 10.1 Å². The number of nitrogens with one attached hydrogen (secondary N) is 1. The molecule has 1 rings (SSSR count). The molecule has 0 aliphatic carbocycles. The molecule has 0 aromatic heterocycles. The molecule has 7 nitrogen and oxygen atoms in total. The summed E-state index contributed by atoms with van der Waals surface area (Å²) in [5.41, 5.74) is 0.896. The van der Waals surface area contributed by atoms with E-state index in [0.717, 1.165) is 11.6 Å². The number of rotatable bonds is 8. The summed E-state index contributed by atoms with van der Waals surface area (Å²) in [5.74, 6) is -1.15. The van der Waals surface area contributed by atoms with Crippen molar-refractivity contribution in [3.05, 3.63) is 46.0 Å². The van der Waals surface area contributed by atoms with Crippen LogP contribution < -0.4 is 5.32 Å². The van der Waals surface area contributed by atoms with Crippen LogP contribution in [-0.2, 0) is 4.74 Å². The summed E-state index contributed by atoms with van der Waals surface area (Å²) >= 11 is 0. The first-order chi connectivity index (χ1) is 9.41. The van der Waals surface area contributed by atoms with Crippen molar-refractivity contribution in [3.8, 4) is 0 Å². The van der Waals surface area contributed by atoms with Gasteiger partial charge in [0.15, 0.2) is 0 Å². The van der Waals surface area contributed by atoms with Gasteiger partial charge < -0.3 is 15.2 Å². The molecule has 0 spiro atoms. The van der Waals surface area contributed by atoms with Crippen molar-refractivity contribution >= 4 is 17.3 Å². The summed E-state index contributed by atoms with van der Waals surface area (Å²) in [7, 11) is 0. The largest absolute Gasteiger partial charge is 0.478 e. The quantitative estimate of drug-likeness (QED) is 0.328. The minimum Gasteiger partial charge on any atom is -0.478 e. The van der Waals surface area contributed by atoms with Crippen molar-refractivity contribution in [2.45, 2.75) is 6.92 Å². The van der Waals surface area contributed by atoms with Crippen LogP contribution in [-0.4, -0.2) is 35.8 Å². The topological polar surface area (TPSA) is 102 Å². The number of hydrogen-bond acceptors (Lipinski definition) is 5. The van der Waals surface area contributed by atoms with Gasteiger partial charge in [-0.25, -0.2) is 4.79 Å². The molecule has 0 amide bonds. The van der Waals surface area contributed by atoms with Gasteiger partial charge in [0, 0.05) is 18.7 Å². The summed E-state index contributed by atoms with van der Waals surface area (Å²) in [4.78, 5) is 21.1. The van der Waals surface area contributed by atoms with Crippen LogP contribution in [0.4, 0.5) is 11.4 Å². The van der Waals surface area contributed by atoms with E-state index in [1.54, 1.807) is 0 Å². The van der Waals surface area contributed by atoms with Crippen molar-refractivity contribution in [1.82, 2.24) is 0 Å². The van der Waals surface area contributed by atoms with E-state index in [2.05, 4.69) is 11.9 Å². The first-order valence-corrected chi connectivity index (χ1v) is 5.89. The Morgan fingerprint density at radius 2 is 2.25 bits per heavy atom. The molecule has 0 fully saturated rings. The Morgan fingerprint density at radius 1 is 1.55 bits per heavy atom. The third kappa shape index (κ3) is 4.69. The number of nitro groups is 1. The van der Waals surface area contributed by atoms with Crippen LogP contribution in [0.3, 0.4) is 0 Å². The molecule has 1 aromatic rings. The molecule has 0 heterocycles. The average molecular weight is 280 g/mol. The minimum atomic E-state index is -1.15. The summed E-state index contributed by atoms with van der Waals surface area (Å²) in [6, 6.07) is 3.56. The molecule has 0 radical (unpaired) electrons. The molecule has 2 N–H and O–H groups in total. The van der Waals surface area contributed by atoms with E-state index in [0.29, 0.717) is 19.8 Å². The third-order valence-corrected chi connectivity index (χ3v) is 2.35. The van der Waals surface area contributed by atoms with Gasteiger partial charge in [0.1, 0.15) is 0 Å². The standard InChI is InChI=1S/C13H16N2O5/c1-9(2)8-20-6-5-14-12-7-10(15(18)19)3-4-11(12)13(16)17/h3-4,7,14H,1,5-6,8H2,2H3,(H,16,17). The highest BCUT2D eigenvalue weighted by molar-refractivity contribution is 5.94. The van der Waals surface area contributed by atoms with Crippen LogP contribution in [0.5, 0.6) is 0 Å². The fourth-order valence-electron chi connectivity index (χ4n) is 1.48. The Kier molecular flexibility index (Phi) is 5.67. The summed E-state index contributed by atoms with van der Waals surface area (Å²) in [6.07, 6.45) is 0. The Balaban J connectivity index is 2.70. The van der Waals surface area contributed by atoms with Crippen LogP contribution in [0, 0.1) is 10.1 Å². The van der Waals surface area contributed by atoms with Crippen LogP contribution in [0.1, 0.15) is 17.3 Å². The predicted molar refractivity (Wildman–Crippen MR) is 74.2 cm³/mol. The second-order valence-corrected chi connectivity index (χ2v) is 4.23. The zero-order chi connectivity index (χ0) is 15.1. The molecular weight excluding hydrogens is 264 g/mol. The maximum absolute atomic E-state index is 11.0. The highest BCUT2D eigenvalue weighted by atomic mass is 16.6. The number of hydrogen-bond donors (Lipinski definition) is 2. The lowest BCUT2D eigenvalue weighted by atomic mass is 10.1. The third-order valence-electron chi connectivity index (χ3n) is 2.35. The summed E-state index contributed by atoms with van der Waals surface area (Å²) < 4.78 is 5.25. The van der Waals surface area contributed by atoms with Crippen LogP contribution in [0.15, 0.2) is 30.4 Å². The van der Waals surface area contributed by atoms with Crippen molar-refractivity contribution in [2.24, 2.45) is 0 Å². The Hall–Kier alpha value is -2.41. The number of non-ortho nitro benzene ring substituents is 1. The van der Waals surface area contributed by atoms with E-state index in [1.807, 2.05) is 6.92 Å². The SMILES string of the molecule is C=C(C)COCCNc1cc([N+](=O)[O-])ccc1C(=O)O. The minimum absolute atomic E-state index is 0.0181. The maximum atomic E-state index is 11.0. The van der Waals surface area contributed by atoms with Crippen LogP contribution >= 0.6 is 0 Å². The number of carboxylic acid groups (broad SMARTS) is 1. The normalized spacial score (nSPS) is 10.1. The molecule has 7 heteroatoms. The molecule has 0 saturated carbocycles. The van der Waals surface area contributed by atoms with Gasteiger partial charge in [-0.1, -0.05) is 12.2 Å². The Bertz CT molecular complexity index is 527. The summed E-state index contributed by atoms with van der Waals surface area (Å²) in [6.45, 7) is 6.61. The summed E-state index contributed by atoms with van der Waals surface area (Å²) in [5, 5.41) is 22.5. The van der Waals surface area contributed by atoms with E-state index >= 15 is 0 Å². The number of nitro benzene ring substituents is 1. The van der Waals surface area contributed by atoms with Gasteiger partial charge in [-0.2, -0.15) is 0 Å². The first-order valence-electron chi connectivity index (χ1n) is 5.89. The molecule has 0 aliphatic heterocycles. The van der Waals surface area contributed by atoms with E-state index in [9.17, 15) is 14.9 Å². The highest BCUT2D eigenvalue weighted by Gasteiger charge is 2.14. The number of benzene rings is 1. The smallest absolute Gasteiger partial charge is 0.337 e. The molecular formula is C13H16N2O5. The molecule has 0 saturated heterocycles. The number of aromatic carboxylic acids is 1. The van der Waals surface area contributed by atoms with Gasteiger partial charge in [0.25, 0.3) is 5.69 Å². The second kappa shape index (κ2) is 7.25. The predicted octanol–water partition coefficient (Wildman–Crippen LogP) is 2.30. The van der Waals surface area contributed by atoms with Gasteiger partial charge in [0.2, 0.25) is 0 Å². The molecule has 0 unspecified atom stereocenters. The molecule has 0 atom stereocenters. The monoisotopic (exact) mass is 280 g/mol. The first kappa shape index (κ1) is 15.6. The van der Waals surface area contributed by atoms with Crippen LogP contribution in [0.2, 0.25) is 0 Å². The van der Waals surface area contributed by atoms with Crippen molar-refractivity contribution < 1.29 is 19.6 Å². The zero-order valence-corrected chi connectivity index (χ0v) is 11.1. The van der Waals surface area contributed by atoms with E-state index in [4.69, 9.17) is 9.84 Å². The number of carbonyl (C=O) groups is 1. The number of nitrogens with zero attached hydrogens (tertiary/aromatic N) is 1. The molecule has 0 bridgehead atoms. The zero-order valence-electron chi connectivity index (χ0n) is 11.1. The fraction of sp³-hybridized carbons (Fsp3) is 0.308. The van der Waals surface area contributed by atoms with Crippen molar-refractivity contribution in [2.75, 3.05) is 25.1 Å². The van der Waals surface area contributed by atoms with Gasteiger partial charge >= 0.3 is 5.97 Å². The van der Waals surface area contributed by atoms with Gasteiger partial charge in [-0.15, -0.1) is 0 Å². The molecule has 0 aliphatic rings. The second-order valence-electron chi connectivity index (χ2n) is 4.23. The lowest BCUT2D eigenvalue weighted by Gasteiger charge is -2.10. The molecule has 1 aromatic carbocycles. The van der Waals surface area contributed by atoms with Crippen LogP contribution in [0.25, 0.3) is 0 Å². The van der Waals surface area contributed by atoms with Gasteiger partial charge in [-0.05, 0) is 13.0 Å². The molecule has 20 heavy (non-hydrogen) atoms. The van der Waals surface area contributed by atoms with E-state index in [1.165, 1.54) is 12.1 Å².